The minimum absolute atomic E-state index is 0.183. The van der Waals surface area contributed by atoms with Crippen molar-refractivity contribution in [2.75, 3.05) is 18.0 Å². The molecule has 23 heavy (non-hydrogen) atoms. The summed E-state index contributed by atoms with van der Waals surface area (Å²) < 4.78 is 5.28. The summed E-state index contributed by atoms with van der Waals surface area (Å²) in [6.45, 7) is 3.41. The first-order valence-corrected chi connectivity index (χ1v) is 8.02. The van der Waals surface area contributed by atoms with Crippen LogP contribution >= 0.6 is 0 Å². The lowest BCUT2D eigenvalue weighted by molar-refractivity contribution is -0.122. The highest BCUT2D eigenvalue weighted by Crippen LogP contribution is 2.31. The number of aromatic nitrogens is 3. The van der Waals surface area contributed by atoms with Gasteiger partial charge in [0.15, 0.2) is 5.82 Å². The molecule has 7 nitrogen and oxygen atoms in total. The van der Waals surface area contributed by atoms with Crippen molar-refractivity contribution in [1.29, 1.82) is 0 Å². The third kappa shape index (κ3) is 2.91. The van der Waals surface area contributed by atoms with E-state index in [0.717, 1.165) is 43.7 Å². The van der Waals surface area contributed by atoms with Crippen LogP contribution in [0.2, 0.25) is 0 Å². The van der Waals surface area contributed by atoms with Gasteiger partial charge in [0.1, 0.15) is 5.82 Å². The molecule has 2 aromatic heterocycles. The predicted molar refractivity (Wildman–Crippen MR) is 83.8 cm³/mol. The van der Waals surface area contributed by atoms with Crippen LogP contribution < -0.4 is 10.2 Å². The zero-order chi connectivity index (χ0) is 15.8. The molecule has 3 heterocycles. The zero-order valence-corrected chi connectivity index (χ0v) is 13.0. The highest BCUT2D eigenvalue weighted by Gasteiger charge is 2.33. The fraction of sp³-hybridized carbons (Fsp3) is 0.500. The molecule has 1 saturated heterocycles. The monoisotopic (exact) mass is 313 g/mol. The Kier molecular flexibility index (Phi) is 3.48. The lowest BCUT2D eigenvalue weighted by atomic mass is 10.2. The van der Waals surface area contributed by atoms with Gasteiger partial charge in [-0.25, -0.2) is 4.98 Å². The molecule has 7 heteroatoms. The fourth-order valence-corrected chi connectivity index (χ4v) is 2.96. The van der Waals surface area contributed by atoms with Gasteiger partial charge in [-0.2, -0.15) is 4.98 Å². The number of carbonyl (C=O) groups is 1. The summed E-state index contributed by atoms with van der Waals surface area (Å²) >= 11 is 0. The number of amides is 1. The van der Waals surface area contributed by atoms with Crippen LogP contribution in [-0.2, 0) is 4.79 Å². The molecule has 4 rings (SSSR count). The predicted octanol–water partition coefficient (Wildman–Crippen LogP) is 1.54. The number of rotatable bonds is 4. The van der Waals surface area contributed by atoms with Gasteiger partial charge in [-0.1, -0.05) is 5.16 Å². The van der Waals surface area contributed by atoms with Crippen LogP contribution in [0, 0.1) is 12.8 Å². The molecule has 0 unspecified atom stereocenters. The Hall–Kier alpha value is -2.44. The Morgan fingerprint density at radius 1 is 1.39 bits per heavy atom. The van der Waals surface area contributed by atoms with Crippen LogP contribution in [0.15, 0.2) is 22.9 Å². The Balaban J connectivity index is 1.51. The van der Waals surface area contributed by atoms with E-state index in [4.69, 9.17) is 4.52 Å². The van der Waals surface area contributed by atoms with E-state index in [-0.39, 0.29) is 17.9 Å². The van der Waals surface area contributed by atoms with E-state index in [1.165, 1.54) is 0 Å². The Bertz CT molecular complexity index is 725. The fourth-order valence-electron chi connectivity index (χ4n) is 2.96. The van der Waals surface area contributed by atoms with Crippen molar-refractivity contribution in [3.05, 3.63) is 24.2 Å². The minimum Gasteiger partial charge on any atom is -0.354 e. The van der Waals surface area contributed by atoms with E-state index >= 15 is 0 Å². The van der Waals surface area contributed by atoms with Crippen LogP contribution in [0.3, 0.4) is 0 Å². The molecular weight excluding hydrogens is 294 g/mol. The summed E-state index contributed by atoms with van der Waals surface area (Å²) in [5.74, 6) is 2.36. The van der Waals surface area contributed by atoms with Crippen LogP contribution in [0.5, 0.6) is 0 Å². The lowest BCUT2D eigenvalue weighted by Crippen LogP contribution is -2.38. The van der Waals surface area contributed by atoms with Crippen LogP contribution in [0.25, 0.3) is 11.5 Å². The second kappa shape index (κ2) is 5.64. The van der Waals surface area contributed by atoms with Crippen LogP contribution in [0.4, 0.5) is 5.82 Å². The standard InChI is InChI=1S/C16H19N5O2/c1-10-18-16(23-20-10)13-3-2-7-17-14(13)21-8-6-12(9-21)19-15(22)11-4-5-11/h2-3,7,11-12H,4-6,8-9H2,1H3,(H,19,22)/t12-/m0/s1. The topological polar surface area (TPSA) is 84.2 Å². The van der Waals surface area contributed by atoms with Crippen molar-refractivity contribution >= 4 is 11.7 Å². The van der Waals surface area contributed by atoms with Gasteiger partial charge >= 0.3 is 0 Å². The van der Waals surface area contributed by atoms with Crippen molar-refractivity contribution in [1.82, 2.24) is 20.4 Å². The first-order chi connectivity index (χ1) is 11.2. The number of nitrogens with one attached hydrogen (secondary N) is 1. The van der Waals surface area contributed by atoms with Crippen LogP contribution in [0.1, 0.15) is 25.1 Å². The third-order valence-corrected chi connectivity index (χ3v) is 4.33. The van der Waals surface area contributed by atoms with Crippen molar-refractivity contribution in [3.63, 3.8) is 0 Å². The van der Waals surface area contributed by atoms with E-state index in [9.17, 15) is 4.79 Å². The number of nitrogens with zero attached hydrogens (tertiary/aromatic N) is 4. The van der Waals surface area contributed by atoms with Gasteiger partial charge in [0.2, 0.25) is 5.91 Å². The summed E-state index contributed by atoms with van der Waals surface area (Å²) in [4.78, 5) is 22.9. The molecule has 2 fully saturated rings. The van der Waals surface area contributed by atoms with Gasteiger partial charge in [0.05, 0.1) is 5.56 Å². The molecule has 120 valence electrons. The number of anilines is 1. The van der Waals surface area contributed by atoms with E-state index in [0.29, 0.717) is 11.7 Å². The Morgan fingerprint density at radius 3 is 3.00 bits per heavy atom. The Labute approximate surface area is 134 Å². The highest BCUT2D eigenvalue weighted by atomic mass is 16.5. The van der Waals surface area contributed by atoms with Gasteiger partial charge < -0.3 is 14.7 Å². The molecule has 1 N–H and O–H groups in total. The third-order valence-electron chi connectivity index (χ3n) is 4.33. The van der Waals surface area contributed by atoms with Crippen molar-refractivity contribution < 1.29 is 9.32 Å². The second-order valence-corrected chi connectivity index (χ2v) is 6.24. The molecule has 1 amide bonds. The number of pyridine rings is 1. The molecule has 2 aromatic rings. The molecule has 0 aromatic carbocycles. The first-order valence-electron chi connectivity index (χ1n) is 8.02. The Morgan fingerprint density at radius 2 is 2.26 bits per heavy atom. The van der Waals surface area contributed by atoms with E-state index in [2.05, 4.69) is 25.3 Å². The van der Waals surface area contributed by atoms with Gasteiger partial charge in [0, 0.05) is 31.2 Å². The molecule has 0 spiro atoms. The zero-order valence-electron chi connectivity index (χ0n) is 13.0. The molecule has 2 aliphatic rings. The maximum Gasteiger partial charge on any atom is 0.261 e. The summed E-state index contributed by atoms with van der Waals surface area (Å²) in [6, 6.07) is 3.98. The SMILES string of the molecule is Cc1noc(-c2cccnc2N2CC[C@H](NC(=O)C3CC3)C2)n1. The normalized spacial score (nSPS) is 20.7. The number of hydrogen-bond donors (Lipinski definition) is 1. The smallest absolute Gasteiger partial charge is 0.261 e. The minimum atomic E-state index is 0.183. The van der Waals surface area contributed by atoms with Crippen molar-refractivity contribution in [2.45, 2.75) is 32.2 Å². The number of aryl methyl sites for hydroxylation is 1. The molecule has 1 aliphatic heterocycles. The van der Waals surface area contributed by atoms with Gasteiger partial charge in [0.25, 0.3) is 5.89 Å². The van der Waals surface area contributed by atoms with E-state index in [1.54, 1.807) is 13.1 Å². The van der Waals surface area contributed by atoms with Crippen molar-refractivity contribution in [2.24, 2.45) is 5.92 Å². The van der Waals surface area contributed by atoms with Gasteiger partial charge in [-0.05, 0) is 38.3 Å². The molecule has 0 bridgehead atoms. The maximum atomic E-state index is 11.9. The largest absolute Gasteiger partial charge is 0.354 e. The average molecular weight is 313 g/mol. The van der Waals surface area contributed by atoms with Gasteiger partial charge in [-0.15, -0.1) is 0 Å². The molecule has 1 atom stereocenters. The molecule has 1 aliphatic carbocycles. The second-order valence-electron chi connectivity index (χ2n) is 6.24. The summed E-state index contributed by atoms with van der Waals surface area (Å²) in [6.07, 6.45) is 4.75. The quantitative estimate of drug-likeness (QED) is 0.922. The van der Waals surface area contributed by atoms with Crippen LogP contribution in [-0.4, -0.2) is 40.2 Å². The first kappa shape index (κ1) is 14.2. The molecule has 0 radical (unpaired) electrons. The average Bonchev–Trinajstić information content (AvgIpc) is 3.17. The number of hydrogen-bond acceptors (Lipinski definition) is 6. The summed E-state index contributed by atoms with van der Waals surface area (Å²) in [5.41, 5.74) is 0.835. The summed E-state index contributed by atoms with van der Waals surface area (Å²) in [5, 5.41) is 7.00. The lowest BCUT2D eigenvalue weighted by Gasteiger charge is -2.19. The molecule has 1 saturated carbocycles. The maximum absolute atomic E-state index is 11.9. The highest BCUT2D eigenvalue weighted by molar-refractivity contribution is 5.81. The van der Waals surface area contributed by atoms with E-state index in [1.807, 2.05) is 12.1 Å². The van der Waals surface area contributed by atoms with Crippen molar-refractivity contribution in [3.8, 4) is 11.5 Å². The molecular formula is C16H19N5O2. The summed E-state index contributed by atoms with van der Waals surface area (Å²) in [7, 11) is 0. The number of carbonyl (C=O) groups excluding carboxylic acids is 1. The van der Waals surface area contributed by atoms with Gasteiger partial charge in [-0.3, -0.25) is 4.79 Å². The van der Waals surface area contributed by atoms with E-state index < -0.39 is 0 Å².